The number of aromatic nitrogens is 3. The summed E-state index contributed by atoms with van der Waals surface area (Å²) in [4.78, 5) is 4.49. The van der Waals surface area contributed by atoms with E-state index in [9.17, 15) is 8.42 Å². The first-order valence-electron chi connectivity index (χ1n) is 5.08. The van der Waals surface area contributed by atoms with Gasteiger partial charge in [0.15, 0.2) is 20.9 Å². The molecule has 10 heteroatoms. The fourth-order valence-electron chi connectivity index (χ4n) is 1.55. The molecule has 3 heterocycles. The molecule has 0 saturated heterocycles. The van der Waals surface area contributed by atoms with Gasteiger partial charge in [-0.15, -0.1) is 11.3 Å². The zero-order chi connectivity index (χ0) is 13.5. The molecular weight excluding hydrogens is 312 g/mol. The lowest BCUT2D eigenvalue weighted by atomic mass is 10.5. The van der Waals surface area contributed by atoms with E-state index in [1.54, 1.807) is 17.6 Å². The number of sulfonamides is 1. The highest BCUT2D eigenvalue weighted by Crippen LogP contribution is 2.25. The van der Waals surface area contributed by atoms with Gasteiger partial charge in [-0.3, -0.25) is 4.40 Å². The molecule has 3 aromatic heterocycles. The van der Waals surface area contributed by atoms with Gasteiger partial charge in [-0.2, -0.15) is 0 Å². The Kier molecular flexibility index (Phi) is 3.05. The van der Waals surface area contributed by atoms with Gasteiger partial charge in [0.25, 0.3) is 10.0 Å². The lowest BCUT2D eigenvalue weighted by molar-refractivity contribution is 0.380. The molecule has 7 nitrogen and oxygen atoms in total. The molecule has 0 bridgehead atoms. The summed E-state index contributed by atoms with van der Waals surface area (Å²) in [5.41, 5.74) is 0. The van der Waals surface area contributed by atoms with E-state index in [1.807, 2.05) is 0 Å². The van der Waals surface area contributed by atoms with Crippen molar-refractivity contribution in [1.29, 1.82) is 0 Å². The Balaban J connectivity index is 1.95. The van der Waals surface area contributed by atoms with E-state index in [2.05, 4.69) is 14.9 Å². The summed E-state index contributed by atoms with van der Waals surface area (Å²) >= 11 is 7.17. The van der Waals surface area contributed by atoms with Crippen LogP contribution in [-0.2, 0) is 16.6 Å². The van der Waals surface area contributed by atoms with E-state index in [1.165, 1.54) is 21.9 Å². The maximum absolute atomic E-state index is 12.2. The van der Waals surface area contributed by atoms with E-state index in [0.29, 0.717) is 10.7 Å². The van der Waals surface area contributed by atoms with E-state index in [0.717, 1.165) is 0 Å². The first-order chi connectivity index (χ1) is 9.08. The van der Waals surface area contributed by atoms with E-state index < -0.39 is 10.0 Å². The smallest absolute Gasteiger partial charge is 0.260 e. The van der Waals surface area contributed by atoms with Crippen LogP contribution >= 0.6 is 22.9 Å². The monoisotopic (exact) mass is 318 g/mol. The van der Waals surface area contributed by atoms with Gasteiger partial charge in [-0.1, -0.05) is 16.8 Å². The highest BCUT2D eigenvalue weighted by atomic mass is 35.5. The fraction of sp³-hybridized carbons (Fsp3) is 0.111. The number of hydrogen-bond donors (Lipinski definition) is 1. The van der Waals surface area contributed by atoms with Crippen LogP contribution in [0, 0.1) is 0 Å². The van der Waals surface area contributed by atoms with Crippen LogP contribution in [0.1, 0.15) is 5.76 Å². The molecular formula is C9H7ClN4O3S2. The first-order valence-corrected chi connectivity index (χ1v) is 7.82. The zero-order valence-corrected chi connectivity index (χ0v) is 11.7. The molecule has 0 aliphatic heterocycles. The number of rotatable bonds is 4. The molecule has 0 radical (unpaired) electrons. The number of thiazole rings is 1. The predicted octanol–water partition coefficient (Wildman–Crippen LogP) is 1.52. The summed E-state index contributed by atoms with van der Waals surface area (Å²) in [6.45, 7) is -0.00394. The molecule has 0 spiro atoms. The van der Waals surface area contributed by atoms with E-state index in [4.69, 9.17) is 16.1 Å². The van der Waals surface area contributed by atoms with Crippen molar-refractivity contribution in [3.05, 3.63) is 34.8 Å². The topological polar surface area (TPSA) is 89.5 Å². The summed E-state index contributed by atoms with van der Waals surface area (Å²) in [5.74, 6) is 0.408. The van der Waals surface area contributed by atoms with Gasteiger partial charge in [0.2, 0.25) is 0 Å². The van der Waals surface area contributed by atoms with E-state index >= 15 is 0 Å². The maximum Gasteiger partial charge on any atom is 0.260 e. The van der Waals surface area contributed by atoms with Gasteiger partial charge in [-0.25, -0.2) is 18.1 Å². The number of fused-ring (bicyclic) bond motifs is 1. The lowest BCUT2D eigenvalue weighted by Crippen LogP contribution is -2.24. The van der Waals surface area contributed by atoms with Crippen molar-refractivity contribution in [3.8, 4) is 0 Å². The molecule has 0 fully saturated rings. The van der Waals surface area contributed by atoms with Gasteiger partial charge in [0.05, 0.1) is 12.7 Å². The van der Waals surface area contributed by atoms with Crippen LogP contribution in [0.5, 0.6) is 0 Å². The third-order valence-electron chi connectivity index (χ3n) is 2.36. The van der Waals surface area contributed by atoms with Gasteiger partial charge in [0, 0.05) is 17.6 Å². The first kappa shape index (κ1) is 12.6. The quantitative estimate of drug-likeness (QED) is 0.787. The second-order valence-corrected chi connectivity index (χ2v) is 6.48. The average molecular weight is 319 g/mol. The van der Waals surface area contributed by atoms with Crippen LogP contribution in [0.2, 0.25) is 5.15 Å². The molecule has 1 N–H and O–H groups in total. The molecule has 3 aromatic rings. The number of nitrogens with one attached hydrogen (secondary N) is 1. The Morgan fingerprint density at radius 2 is 2.37 bits per heavy atom. The van der Waals surface area contributed by atoms with Gasteiger partial charge < -0.3 is 4.52 Å². The van der Waals surface area contributed by atoms with Crippen molar-refractivity contribution >= 4 is 37.9 Å². The minimum absolute atomic E-state index is 0.00394. The lowest BCUT2D eigenvalue weighted by Gasteiger charge is -2.03. The number of hydrogen-bond acceptors (Lipinski definition) is 6. The maximum atomic E-state index is 12.2. The van der Waals surface area contributed by atoms with Gasteiger partial charge in [0.1, 0.15) is 0 Å². The largest absolute Gasteiger partial charge is 0.360 e. The second kappa shape index (κ2) is 4.60. The minimum atomic E-state index is -3.78. The van der Waals surface area contributed by atoms with Crippen LogP contribution in [0.3, 0.4) is 0 Å². The Bertz CT molecular complexity index is 806. The SMILES string of the molecule is O=S(=O)(NCc1ccno1)c1c(Cl)nc2sccn12. The Morgan fingerprint density at radius 3 is 3.11 bits per heavy atom. The third-order valence-corrected chi connectivity index (χ3v) is 4.92. The van der Waals surface area contributed by atoms with Crippen molar-refractivity contribution in [2.45, 2.75) is 11.6 Å². The van der Waals surface area contributed by atoms with Gasteiger partial charge >= 0.3 is 0 Å². The van der Waals surface area contributed by atoms with Crippen molar-refractivity contribution in [3.63, 3.8) is 0 Å². The van der Waals surface area contributed by atoms with E-state index in [-0.39, 0.29) is 16.7 Å². The van der Waals surface area contributed by atoms with Crippen LogP contribution in [-0.4, -0.2) is 23.0 Å². The number of halogens is 1. The molecule has 0 aliphatic carbocycles. The highest BCUT2D eigenvalue weighted by molar-refractivity contribution is 7.89. The van der Waals surface area contributed by atoms with Crippen LogP contribution in [0.25, 0.3) is 4.96 Å². The summed E-state index contributed by atoms with van der Waals surface area (Å²) in [6, 6.07) is 1.57. The average Bonchev–Trinajstić information content (AvgIpc) is 3.01. The third kappa shape index (κ3) is 2.25. The zero-order valence-electron chi connectivity index (χ0n) is 9.28. The van der Waals surface area contributed by atoms with Crippen molar-refractivity contribution < 1.29 is 12.9 Å². The molecule has 0 aliphatic rings. The molecule has 3 rings (SSSR count). The van der Waals surface area contributed by atoms with Crippen LogP contribution in [0.4, 0.5) is 0 Å². The molecule has 0 saturated carbocycles. The minimum Gasteiger partial charge on any atom is -0.360 e. The summed E-state index contributed by atoms with van der Waals surface area (Å²) in [5, 5.41) is 5.09. The Morgan fingerprint density at radius 1 is 1.53 bits per heavy atom. The summed E-state index contributed by atoms with van der Waals surface area (Å²) in [7, 11) is -3.78. The van der Waals surface area contributed by atoms with Crippen LogP contribution < -0.4 is 4.72 Å². The number of imidazole rings is 1. The molecule has 100 valence electrons. The fourth-order valence-corrected chi connectivity index (χ4v) is 3.99. The van der Waals surface area contributed by atoms with Gasteiger partial charge in [-0.05, 0) is 0 Å². The molecule has 0 atom stereocenters. The van der Waals surface area contributed by atoms with Crippen molar-refractivity contribution in [2.24, 2.45) is 0 Å². The normalized spacial score (nSPS) is 12.3. The summed E-state index contributed by atoms with van der Waals surface area (Å²) < 4.78 is 33.0. The second-order valence-electron chi connectivity index (χ2n) is 3.57. The molecule has 0 aromatic carbocycles. The molecule has 0 amide bonds. The molecule has 0 unspecified atom stereocenters. The van der Waals surface area contributed by atoms with Crippen LogP contribution in [0.15, 0.2) is 33.4 Å². The number of nitrogens with zero attached hydrogens (tertiary/aromatic N) is 3. The van der Waals surface area contributed by atoms with Crippen molar-refractivity contribution in [2.75, 3.05) is 0 Å². The standard InChI is InChI=1S/C9H7ClN4O3S2/c10-7-8(14-3-4-18-9(14)13-7)19(15,16)12-5-6-1-2-11-17-6/h1-4,12H,5H2. The Hall–Kier alpha value is -1.42. The predicted molar refractivity (Wildman–Crippen MR) is 68.6 cm³/mol. The highest BCUT2D eigenvalue weighted by Gasteiger charge is 2.25. The molecule has 19 heavy (non-hydrogen) atoms. The summed E-state index contributed by atoms with van der Waals surface area (Å²) in [6.07, 6.45) is 3.04. The van der Waals surface area contributed by atoms with Crippen molar-refractivity contribution in [1.82, 2.24) is 19.3 Å². The Labute approximate surface area is 116 Å².